The lowest BCUT2D eigenvalue weighted by Gasteiger charge is -2.29. The first-order valence-electron chi connectivity index (χ1n) is 11.2. The average Bonchev–Trinajstić information content (AvgIpc) is 3.40. The number of nitrogens with zero attached hydrogens (tertiary/aromatic N) is 2. The van der Waals surface area contributed by atoms with Crippen LogP contribution in [0.5, 0.6) is 5.88 Å². The van der Waals surface area contributed by atoms with E-state index in [0.717, 1.165) is 53.4 Å². The van der Waals surface area contributed by atoms with Crippen LogP contribution in [0.15, 0.2) is 60.2 Å². The summed E-state index contributed by atoms with van der Waals surface area (Å²) in [5.74, 6) is 0.564. The van der Waals surface area contributed by atoms with E-state index < -0.39 is 0 Å². The van der Waals surface area contributed by atoms with Gasteiger partial charge in [0.25, 0.3) is 0 Å². The fourth-order valence-corrected chi connectivity index (χ4v) is 5.06. The van der Waals surface area contributed by atoms with E-state index in [1.807, 2.05) is 41.8 Å². The molecule has 3 heterocycles. The molecule has 4 aromatic rings. The summed E-state index contributed by atoms with van der Waals surface area (Å²) in [5, 5.41) is 6.56. The Balaban J connectivity index is 1.61. The van der Waals surface area contributed by atoms with Crippen LogP contribution in [0.25, 0.3) is 22.0 Å². The van der Waals surface area contributed by atoms with Crippen LogP contribution < -0.4 is 15.8 Å². The van der Waals surface area contributed by atoms with E-state index >= 15 is 0 Å². The first-order valence-corrected chi connectivity index (χ1v) is 12.0. The van der Waals surface area contributed by atoms with Crippen LogP contribution in [0.2, 0.25) is 0 Å². The lowest BCUT2D eigenvalue weighted by Crippen LogP contribution is -2.33. The van der Waals surface area contributed by atoms with Gasteiger partial charge in [0.1, 0.15) is 0 Å². The Morgan fingerprint density at radius 1 is 1.06 bits per heavy atom. The van der Waals surface area contributed by atoms with Gasteiger partial charge < -0.3 is 15.8 Å². The monoisotopic (exact) mass is 458 g/mol. The molecule has 1 aromatic carbocycles. The maximum atomic E-state index is 13.4. The van der Waals surface area contributed by atoms with Crippen molar-refractivity contribution >= 4 is 33.7 Å². The molecule has 33 heavy (non-hydrogen) atoms. The Labute approximate surface area is 196 Å². The molecule has 0 radical (unpaired) electrons. The van der Waals surface area contributed by atoms with E-state index in [0.29, 0.717) is 16.3 Å². The quantitative estimate of drug-likeness (QED) is 0.382. The molecular weight excluding hydrogens is 432 g/mol. The van der Waals surface area contributed by atoms with Crippen molar-refractivity contribution in [1.29, 1.82) is 0 Å². The summed E-state index contributed by atoms with van der Waals surface area (Å²) in [5.41, 5.74) is 10.4. The molecule has 1 saturated carbocycles. The Kier molecular flexibility index (Phi) is 6.07. The number of benzene rings is 1. The molecule has 3 N–H and O–H groups in total. The normalized spacial score (nSPS) is 18.2. The number of carbonyl (C=O) groups is 1. The van der Waals surface area contributed by atoms with Crippen LogP contribution in [0.1, 0.15) is 40.9 Å². The largest absolute Gasteiger partial charge is 0.481 e. The van der Waals surface area contributed by atoms with Crippen LogP contribution in [0.3, 0.4) is 0 Å². The molecule has 0 saturated heterocycles. The van der Waals surface area contributed by atoms with Crippen LogP contribution in [-0.4, -0.2) is 34.9 Å². The molecule has 0 spiro atoms. The molecule has 0 unspecified atom stereocenters. The lowest BCUT2D eigenvalue weighted by molar-refractivity contribution is 0.104. The van der Waals surface area contributed by atoms with Crippen molar-refractivity contribution in [2.24, 2.45) is 5.73 Å². The zero-order valence-corrected chi connectivity index (χ0v) is 19.3. The van der Waals surface area contributed by atoms with Crippen molar-refractivity contribution in [1.82, 2.24) is 9.97 Å². The number of thiophene rings is 1. The van der Waals surface area contributed by atoms with Gasteiger partial charge in [-0.1, -0.05) is 12.1 Å². The van der Waals surface area contributed by atoms with Gasteiger partial charge in [0.15, 0.2) is 0 Å². The standard InChI is InChI=1S/C26H26N4O2S/c1-32-24-11-5-17(14-29-24)16-4-10-22-20(13-16)25(30-19-8-6-18(27)7-9-19)21(15-28-22)26(31)23-3-2-12-33-23/h2-5,10-15,18-19H,6-9,27H2,1H3,(H,28,30)/t18-,19-. The molecule has 6 nitrogen and oxygen atoms in total. The third kappa shape index (κ3) is 4.47. The molecular formula is C26H26N4O2S. The number of aromatic nitrogens is 2. The fraction of sp³-hybridized carbons (Fsp3) is 0.269. The summed E-state index contributed by atoms with van der Waals surface area (Å²) in [6, 6.07) is 14.2. The Morgan fingerprint density at radius 3 is 2.58 bits per heavy atom. The highest BCUT2D eigenvalue weighted by atomic mass is 32.1. The summed E-state index contributed by atoms with van der Waals surface area (Å²) in [6.45, 7) is 0. The van der Waals surface area contributed by atoms with Crippen LogP contribution in [0, 0.1) is 0 Å². The minimum atomic E-state index is -0.00840. The molecule has 0 bridgehead atoms. The summed E-state index contributed by atoms with van der Waals surface area (Å²) < 4.78 is 5.19. The zero-order chi connectivity index (χ0) is 22.8. The van der Waals surface area contributed by atoms with Gasteiger partial charge in [-0.25, -0.2) is 4.98 Å². The van der Waals surface area contributed by atoms with Gasteiger partial charge in [0.05, 0.1) is 28.8 Å². The van der Waals surface area contributed by atoms with Crippen molar-refractivity contribution in [2.45, 2.75) is 37.8 Å². The maximum absolute atomic E-state index is 13.4. The molecule has 1 fully saturated rings. The molecule has 3 aromatic heterocycles. The second-order valence-corrected chi connectivity index (χ2v) is 9.38. The molecule has 0 atom stereocenters. The highest BCUT2D eigenvalue weighted by Gasteiger charge is 2.23. The number of hydrogen-bond acceptors (Lipinski definition) is 7. The molecule has 1 aliphatic carbocycles. The van der Waals surface area contributed by atoms with Crippen LogP contribution in [0.4, 0.5) is 5.69 Å². The molecule has 7 heteroatoms. The molecule has 168 valence electrons. The van der Waals surface area contributed by atoms with E-state index in [4.69, 9.17) is 10.5 Å². The smallest absolute Gasteiger partial charge is 0.212 e. The minimum absolute atomic E-state index is 0.00840. The number of ether oxygens (including phenoxy) is 1. The first kappa shape index (κ1) is 21.6. The highest BCUT2D eigenvalue weighted by Crippen LogP contribution is 2.34. The number of methoxy groups -OCH3 is 1. The Hall–Kier alpha value is -3.29. The summed E-state index contributed by atoms with van der Waals surface area (Å²) >= 11 is 1.45. The summed E-state index contributed by atoms with van der Waals surface area (Å²) in [7, 11) is 1.60. The van der Waals surface area contributed by atoms with Crippen LogP contribution >= 0.6 is 11.3 Å². The third-order valence-corrected chi connectivity index (χ3v) is 7.13. The number of fused-ring (bicyclic) bond motifs is 1. The predicted molar refractivity (Wildman–Crippen MR) is 133 cm³/mol. The molecule has 1 aliphatic rings. The van der Waals surface area contributed by atoms with E-state index in [-0.39, 0.29) is 17.9 Å². The number of nitrogens with two attached hydrogens (primary N) is 1. The third-order valence-electron chi connectivity index (χ3n) is 6.26. The van der Waals surface area contributed by atoms with E-state index in [9.17, 15) is 4.79 Å². The Morgan fingerprint density at radius 2 is 1.88 bits per heavy atom. The van der Waals surface area contributed by atoms with Gasteiger partial charge in [-0.2, -0.15) is 0 Å². The lowest BCUT2D eigenvalue weighted by atomic mass is 9.91. The van der Waals surface area contributed by atoms with E-state index in [1.165, 1.54) is 11.3 Å². The number of carbonyl (C=O) groups excluding carboxylic acids is 1. The average molecular weight is 459 g/mol. The van der Waals surface area contributed by atoms with E-state index in [1.54, 1.807) is 19.5 Å². The SMILES string of the molecule is COc1ccc(-c2ccc3ncc(C(=O)c4cccs4)c(N[C@H]4CC[C@H](N)CC4)c3c2)cn1. The number of ketones is 1. The molecule has 0 amide bonds. The summed E-state index contributed by atoms with van der Waals surface area (Å²) in [6.07, 6.45) is 7.44. The van der Waals surface area contributed by atoms with Crippen molar-refractivity contribution < 1.29 is 9.53 Å². The Bertz CT molecular complexity index is 1260. The van der Waals surface area contributed by atoms with Gasteiger partial charge in [-0.15, -0.1) is 11.3 Å². The number of rotatable bonds is 6. The number of hydrogen-bond donors (Lipinski definition) is 2. The first-order chi connectivity index (χ1) is 16.1. The van der Waals surface area contributed by atoms with E-state index in [2.05, 4.69) is 21.4 Å². The topological polar surface area (TPSA) is 90.1 Å². The second kappa shape index (κ2) is 9.29. The van der Waals surface area contributed by atoms with Gasteiger partial charge in [0, 0.05) is 41.5 Å². The fourth-order valence-electron chi connectivity index (χ4n) is 4.38. The van der Waals surface area contributed by atoms with Crippen molar-refractivity contribution in [3.8, 4) is 17.0 Å². The number of nitrogens with one attached hydrogen (secondary N) is 1. The van der Waals surface area contributed by atoms with Crippen molar-refractivity contribution in [3.63, 3.8) is 0 Å². The van der Waals surface area contributed by atoms with Gasteiger partial charge in [-0.05, 0) is 60.9 Å². The van der Waals surface area contributed by atoms with Gasteiger partial charge in [0.2, 0.25) is 11.7 Å². The van der Waals surface area contributed by atoms with Crippen molar-refractivity contribution in [2.75, 3.05) is 12.4 Å². The number of pyridine rings is 2. The molecule has 5 rings (SSSR count). The van der Waals surface area contributed by atoms with Crippen LogP contribution in [-0.2, 0) is 0 Å². The van der Waals surface area contributed by atoms with Gasteiger partial charge >= 0.3 is 0 Å². The molecule has 0 aliphatic heterocycles. The predicted octanol–water partition coefficient (Wildman–Crippen LogP) is 5.28. The maximum Gasteiger partial charge on any atom is 0.212 e. The minimum Gasteiger partial charge on any atom is -0.481 e. The highest BCUT2D eigenvalue weighted by molar-refractivity contribution is 7.12. The van der Waals surface area contributed by atoms with Gasteiger partial charge in [-0.3, -0.25) is 9.78 Å². The summed E-state index contributed by atoms with van der Waals surface area (Å²) in [4.78, 5) is 23.1. The number of anilines is 1. The second-order valence-electron chi connectivity index (χ2n) is 8.43. The van der Waals surface area contributed by atoms with Crippen molar-refractivity contribution in [3.05, 3.63) is 70.7 Å². The zero-order valence-electron chi connectivity index (χ0n) is 18.5.